The first kappa shape index (κ1) is 15.4. The molecular weight excluding hydrogens is 292 g/mol. The van der Waals surface area contributed by atoms with Gasteiger partial charge >= 0.3 is 0 Å². The van der Waals surface area contributed by atoms with Gasteiger partial charge in [-0.1, -0.05) is 11.8 Å². The summed E-state index contributed by atoms with van der Waals surface area (Å²) in [6, 6.07) is 0. The maximum absolute atomic E-state index is 10.8. The van der Waals surface area contributed by atoms with Crippen LogP contribution in [0.25, 0.3) is 0 Å². The van der Waals surface area contributed by atoms with E-state index in [4.69, 9.17) is 5.73 Å². The van der Waals surface area contributed by atoms with Crippen LogP contribution in [0.15, 0.2) is 6.20 Å². The van der Waals surface area contributed by atoms with Gasteiger partial charge < -0.3 is 10.8 Å². The van der Waals surface area contributed by atoms with Gasteiger partial charge in [-0.05, 0) is 12.5 Å². The van der Waals surface area contributed by atoms with E-state index in [9.17, 15) is 9.90 Å². The van der Waals surface area contributed by atoms with Gasteiger partial charge in [0.1, 0.15) is 5.75 Å². The van der Waals surface area contributed by atoms with Crippen molar-refractivity contribution in [2.75, 3.05) is 0 Å². The third-order valence-corrected chi connectivity index (χ3v) is 2.93. The monoisotopic (exact) mass is 306 g/mol. The molecule has 1 aromatic heterocycles. The lowest BCUT2D eigenvalue weighted by molar-refractivity contribution is -0.109. The minimum atomic E-state index is 0. The van der Waals surface area contributed by atoms with Crippen LogP contribution in [0.4, 0.5) is 0 Å². The second-order valence-electron chi connectivity index (χ2n) is 3.18. The normalized spacial score (nSPS) is 9.69. The lowest BCUT2D eigenvalue weighted by Gasteiger charge is -2.09. The molecule has 1 rings (SSSR count). The molecule has 0 aliphatic rings. The van der Waals surface area contributed by atoms with Crippen LogP contribution in [-0.4, -0.2) is 15.2 Å². The highest BCUT2D eigenvalue weighted by Crippen LogP contribution is 2.26. The average Bonchev–Trinajstić information content (AvgIpc) is 2.19. The molecule has 16 heavy (non-hydrogen) atoms. The molecular formula is C10H15BrN2O2S. The average molecular weight is 307 g/mol. The number of aromatic nitrogens is 1. The minimum absolute atomic E-state index is 0. The minimum Gasteiger partial charge on any atom is -0.506 e. The Balaban J connectivity index is 0.00000225. The maximum atomic E-state index is 10.8. The number of rotatable bonds is 3. The van der Waals surface area contributed by atoms with Crippen molar-refractivity contribution in [1.29, 1.82) is 0 Å². The Bertz CT molecular complexity index is 385. The van der Waals surface area contributed by atoms with E-state index in [1.54, 1.807) is 13.1 Å². The zero-order valence-corrected chi connectivity index (χ0v) is 11.7. The molecule has 1 aromatic rings. The van der Waals surface area contributed by atoms with Crippen molar-refractivity contribution in [1.82, 2.24) is 4.98 Å². The summed E-state index contributed by atoms with van der Waals surface area (Å²) < 4.78 is 0. The number of carbonyl (C=O) groups excluding carboxylic acids is 1. The van der Waals surface area contributed by atoms with Gasteiger partial charge in [0.25, 0.3) is 0 Å². The summed E-state index contributed by atoms with van der Waals surface area (Å²) in [7, 11) is 0. The fourth-order valence-electron chi connectivity index (χ4n) is 1.22. The second kappa shape index (κ2) is 6.88. The van der Waals surface area contributed by atoms with Crippen LogP contribution >= 0.6 is 28.7 Å². The number of hydrogen-bond acceptors (Lipinski definition) is 5. The van der Waals surface area contributed by atoms with E-state index in [-0.39, 0.29) is 34.4 Å². The molecule has 0 aliphatic heterocycles. The van der Waals surface area contributed by atoms with Crippen molar-refractivity contribution in [3.8, 4) is 5.75 Å². The Kier molecular flexibility index (Phi) is 6.62. The van der Waals surface area contributed by atoms with Gasteiger partial charge in [0.05, 0.1) is 5.69 Å². The van der Waals surface area contributed by atoms with Gasteiger partial charge in [-0.2, -0.15) is 0 Å². The molecule has 0 radical (unpaired) electrons. The van der Waals surface area contributed by atoms with Crippen molar-refractivity contribution in [2.45, 2.75) is 26.1 Å². The topological polar surface area (TPSA) is 76.2 Å². The summed E-state index contributed by atoms with van der Waals surface area (Å²) in [6.07, 6.45) is 1.66. The van der Waals surface area contributed by atoms with E-state index < -0.39 is 0 Å². The van der Waals surface area contributed by atoms with Crippen molar-refractivity contribution in [2.24, 2.45) is 5.73 Å². The maximum Gasteiger partial charge on any atom is 0.186 e. The standard InChI is InChI=1S/C10H14N2O2S.BrH/c1-6-10(14)9(3-11)8(4-12-6)5-15-7(2)13;/h4,14H,3,5,11H2,1-2H3;1H. The highest BCUT2D eigenvalue weighted by Gasteiger charge is 2.10. The summed E-state index contributed by atoms with van der Waals surface area (Å²) in [4.78, 5) is 14.9. The molecule has 0 unspecified atom stereocenters. The highest BCUT2D eigenvalue weighted by molar-refractivity contribution is 8.93. The molecule has 0 aliphatic carbocycles. The SMILES string of the molecule is Br.CC(=O)SCc1cnc(C)c(O)c1CN. The quantitative estimate of drug-likeness (QED) is 0.892. The lowest BCUT2D eigenvalue weighted by Crippen LogP contribution is -2.04. The molecule has 0 amide bonds. The van der Waals surface area contributed by atoms with Gasteiger partial charge in [-0.15, -0.1) is 17.0 Å². The van der Waals surface area contributed by atoms with E-state index in [0.717, 1.165) is 5.56 Å². The summed E-state index contributed by atoms with van der Waals surface area (Å²) in [5, 5.41) is 9.75. The molecule has 0 aromatic carbocycles. The van der Waals surface area contributed by atoms with Crippen LogP contribution in [-0.2, 0) is 17.1 Å². The van der Waals surface area contributed by atoms with Crippen LogP contribution in [0.3, 0.4) is 0 Å². The summed E-state index contributed by atoms with van der Waals surface area (Å²) in [5.74, 6) is 0.641. The highest BCUT2D eigenvalue weighted by atomic mass is 79.9. The van der Waals surface area contributed by atoms with Crippen molar-refractivity contribution >= 4 is 33.9 Å². The first-order chi connectivity index (χ1) is 7.06. The predicted octanol–water partition coefficient (Wildman–Crippen LogP) is 1.91. The summed E-state index contributed by atoms with van der Waals surface area (Å²) in [6.45, 7) is 3.48. The molecule has 0 saturated carbocycles. The van der Waals surface area contributed by atoms with Crippen LogP contribution in [0.1, 0.15) is 23.7 Å². The molecule has 0 fully saturated rings. The van der Waals surface area contributed by atoms with Crippen LogP contribution in [0.5, 0.6) is 5.75 Å². The van der Waals surface area contributed by atoms with E-state index >= 15 is 0 Å². The molecule has 0 atom stereocenters. The molecule has 90 valence electrons. The molecule has 0 spiro atoms. The Morgan fingerprint density at radius 1 is 1.62 bits per heavy atom. The van der Waals surface area contributed by atoms with Crippen molar-refractivity contribution in [3.05, 3.63) is 23.0 Å². The van der Waals surface area contributed by atoms with Gasteiger partial charge in [0.2, 0.25) is 0 Å². The lowest BCUT2D eigenvalue weighted by atomic mass is 10.1. The molecule has 3 N–H and O–H groups in total. The van der Waals surface area contributed by atoms with E-state index in [1.807, 2.05) is 0 Å². The number of nitrogens with two attached hydrogens (primary N) is 1. The number of nitrogens with zero attached hydrogens (tertiary/aromatic N) is 1. The predicted molar refractivity (Wildman–Crippen MR) is 70.8 cm³/mol. The largest absolute Gasteiger partial charge is 0.506 e. The smallest absolute Gasteiger partial charge is 0.186 e. The van der Waals surface area contributed by atoms with Gasteiger partial charge in [0, 0.05) is 31.0 Å². The number of hydrogen-bond donors (Lipinski definition) is 2. The zero-order valence-electron chi connectivity index (χ0n) is 9.19. The molecule has 0 saturated heterocycles. The Labute approximate surface area is 109 Å². The third-order valence-electron chi connectivity index (χ3n) is 2.07. The first-order valence-electron chi connectivity index (χ1n) is 4.56. The molecule has 1 heterocycles. The van der Waals surface area contributed by atoms with Gasteiger partial charge in [-0.25, -0.2) is 0 Å². The van der Waals surface area contributed by atoms with Crippen molar-refractivity contribution in [3.63, 3.8) is 0 Å². The number of halogens is 1. The number of carbonyl (C=O) groups is 1. The van der Waals surface area contributed by atoms with Gasteiger partial charge in [0.15, 0.2) is 5.12 Å². The molecule has 4 nitrogen and oxygen atoms in total. The molecule has 6 heteroatoms. The number of aromatic hydroxyl groups is 1. The van der Waals surface area contributed by atoms with Gasteiger partial charge in [-0.3, -0.25) is 9.78 Å². The van der Waals surface area contributed by atoms with Crippen LogP contribution < -0.4 is 5.73 Å². The fraction of sp³-hybridized carbons (Fsp3) is 0.400. The van der Waals surface area contributed by atoms with Crippen LogP contribution in [0, 0.1) is 6.92 Å². The van der Waals surface area contributed by atoms with E-state index in [0.29, 0.717) is 17.0 Å². The summed E-state index contributed by atoms with van der Waals surface area (Å²) in [5.41, 5.74) is 7.60. The van der Waals surface area contributed by atoms with E-state index in [1.165, 1.54) is 18.7 Å². The Morgan fingerprint density at radius 2 is 2.25 bits per heavy atom. The number of pyridine rings is 1. The number of thioether (sulfide) groups is 1. The van der Waals surface area contributed by atoms with E-state index in [2.05, 4.69) is 4.98 Å². The molecule has 0 bridgehead atoms. The Hall–Kier alpha value is -0.590. The summed E-state index contributed by atoms with van der Waals surface area (Å²) >= 11 is 1.18. The van der Waals surface area contributed by atoms with Crippen LogP contribution in [0.2, 0.25) is 0 Å². The Morgan fingerprint density at radius 3 is 2.75 bits per heavy atom. The fourth-order valence-corrected chi connectivity index (χ4v) is 1.82. The zero-order chi connectivity index (χ0) is 11.4. The number of aryl methyl sites for hydroxylation is 1. The first-order valence-corrected chi connectivity index (χ1v) is 5.54. The third kappa shape index (κ3) is 3.77. The second-order valence-corrected chi connectivity index (χ2v) is 4.33. The van der Waals surface area contributed by atoms with Crippen molar-refractivity contribution < 1.29 is 9.90 Å².